The third-order valence-corrected chi connectivity index (χ3v) is 6.34. The average molecular weight is 400 g/mol. The van der Waals surface area contributed by atoms with Gasteiger partial charge in [-0.15, -0.1) is 0 Å². The van der Waals surface area contributed by atoms with Crippen LogP contribution in [0.2, 0.25) is 5.02 Å². The summed E-state index contributed by atoms with van der Waals surface area (Å²) in [6.45, 7) is 4.88. The number of aryl methyl sites for hydroxylation is 2. The number of aromatic amines is 1. The first-order valence-electron chi connectivity index (χ1n) is 10.1. The molecule has 5 nitrogen and oxygen atoms in total. The minimum absolute atomic E-state index is 0.153. The maximum atomic E-state index is 13.1. The van der Waals surface area contributed by atoms with E-state index in [4.69, 9.17) is 11.6 Å². The summed E-state index contributed by atoms with van der Waals surface area (Å²) < 4.78 is 0. The first-order valence-corrected chi connectivity index (χ1v) is 10.5. The molecule has 2 aromatic rings. The molecule has 4 rings (SSSR count). The van der Waals surface area contributed by atoms with E-state index in [1.165, 1.54) is 0 Å². The molecule has 28 heavy (non-hydrogen) atoms. The van der Waals surface area contributed by atoms with Gasteiger partial charge >= 0.3 is 0 Å². The summed E-state index contributed by atoms with van der Waals surface area (Å²) in [5.41, 5.74) is 4.35. The van der Waals surface area contributed by atoms with Gasteiger partial charge in [0.1, 0.15) is 5.56 Å². The third-order valence-electron chi connectivity index (χ3n) is 5.93. The van der Waals surface area contributed by atoms with Gasteiger partial charge in [0.05, 0.1) is 0 Å². The molecule has 1 fully saturated rings. The van der Waals surface area contributed by atoms with Gasteiger partial charge in [0, 0.05) is 42.6 Å². The Labute approximate surface area is 170 Å². The summed E-state index contributed by atoms with van der Waals surface area (Å²) in [6.07, 6.45) is 4.91. The average Bonchev–Trinajstić information content (AvgIpc) is 2.95. The van der Waals surface area contributed by atoms with Crippen LogP contribution < -0.4 is 10.5 Å². The van der Waals surface area contributed by atoms with E-state index in [-0.39, 0.29) is 17.0 Å². The van der Waals surface area contributed by atoms with E-state index >= 15 is 0 Å². The van der Waals surface area contributed by atoms with E-state index in [1.807, 2.05) is 30.0 Å². The number of carbonyl (C=O) groups excluding carboxylic acids is 1. The number of hydrogen-bond acceptors (Lipinski definition) is 3. The predicted octanol–water partition coefficient (Wildman–Crippen LogP) is 3.57. The maximum Gasteiger partial charge on any atom is 0.261 e. The molecule has 1 amide bonds. The maximum absolute atomic E-state index is 13.1. The number of aromatic nitrogens is 1. The third kappa shape index (κ3) is 3.68. The minimum atomic E-state index is -0.252. The lowest BCUT2D eigenvalue weighted by molar-refractivity contribution is 0.0765. The fourth-order valence-corrected chi connectivity index (χ4v) is 4.47. The van der Waals surface area contributed by atoms with Gasteiger partial charge in [-0.1, -0.05) is 17.7 Å². The number of amides is 1. The summed E-state index contributed by atoms with van der Waals surface area (Å²) in [6, 6.07) is 7.77. The van der Waals surface area contributed by atoms with Crippen molar-refractivity contribution in [1.29, 1.82) is 0 Å². The number of nitrogens with one attached hydrogen (secondary N) is 1. The number of rotatable bonds is 2. The minimum Gasteiger partial charge on any atom is -0.369 e. The van der Waals surface area contributed by atoms with Crippen molar-refractivity contribution in [3.05, 3.63) is 62.0 Å². The number of anilines is 1. The van der Waals surface area contributed by atoms with Crippen molar-refractivity contribution >= 4 is 23.2 Å². The first-order chi connectivity index (χ1) is 13.5. The number of nitrogens with zero attached hydrogens (tertiary/aromatic N) is 2. The lowest BCUT2D eigenvalue weighted by Crippen LogP contribution is -2.38. The van der Waals surface area contributed by atoms with E-state index in [1.54, 1.807) is 0 Å². The summed E-state index contributed by atoms with van der Waals surface area (Å²) in [7, 11) is 0. The Morgan fingerprint density at radius 2 is 1.89 bits per heavy atom. The second-order valence-electron chi connectivity index (χ2n) is 7.74. The lowest BCUT2D eigenvalue weighted by Gasteiger charge is -2.25. The van der Waals surface area contributed by atoms with Crippen LogP contribution in [0.25, 0.3) is 0 Å². The van der Waals surface area contributed by atoms with Gasteiger partial charge in [0.25, 0.3) is 11.5 Å². The second kappa shape index (κ2) is 8.00. The van der Waals surface area contributed by atoms with Crippen molar-refractivity contribution < 1.29 is 4.79 Å². The number of benzene rings is 1. The summed E-state index contributed by atoms with van der Waals surface area (Å²) in [4.78, 5) is 32.6. The Kier molecular flexibility index (Phi) is 5.44. The molecule has 1 N–H and O–H groups in total. The normalized spacial score (nSPS) is 17.2. The Bertz CT molecular complexity index is 953. The number of hydrogen-bond donors (Lipinski definition) is 1. The molecule has 1 aliphatic carbocycles. The number of H-pyrrole nitrogens is 1. The van der Waals surface area contributed by atoms with Crippen molar-refractivity contribution in [3.63, 3.8) is 0 Å². The van der Waals surface area contributed by atoms with Crippen LogP contribution in [0.3, 0.4) is 0 Å². The fourth-order valence-electron chi connectivity index (χ4n) is 4.30. The van der Waals surface area contributed by atoms with Crippen molar-refractivity contribution in [2.24, 2.45) is 0 Å². The highest BCUT2D eigenvalue weighted by atomic mass is 35.5. The highest BCUT2D eigenvalue weighted by molar-refractivity contribution is 6.31. The molecule has 2 aliphatic rings. The number of fused-ring (bicyclic) bond motifs is 1. The van der Waals surface area contributed by atoms with Crippen molar-refractivity contribution in [2.75, 3.05) is 31.1 Å². The number of halogens is 1. The van der Waals surface area contributed by atoms with Gasteiger partial charge < -0.3 is 14.8 Å². The van der Waals surface area contributed by atoms with Crippen LogP contribution in [0.15, 0.2) is 29.1 Å². The van der Waals surface area contributed by atoms with Gasteiger partial charge in [0.15, 0.2) is 0 Å². The van der Waals surface area contributed by atoms with Gasteiger partial charge in [-0.2, -0.15) is 0 Å². The molecule has 2 heterocycles. The van der Waals surface area contributed by atoms with Crippen molar-refractivity contribution in [1.82, 2.24) is 9.88 Å². The first kappa shape index (κ1) is 19.1. The van der Waals surface area contributed by atoms with Gasteiger partial charge in [0.2, 0.25) is 0 Å². The van der Waals surface area contributed by atoms with E-state index in [9.17, 15) is 9.59 Å². The molecule has 1 aliphatic heterocycles. The standard InChI is InChI=1S/C22H26ClN3O2/c1-15-18(23)7-4-9-20(15)25-10-5-11-26(13-12-25)22(28)17-14-16-6-2-3-8-19(16)24-21(17)27/h4,7,9,14H,2-3,5-6,8,10-13H2,1H3,(H,24,27). The summed E-state index contributed by atoms with van der Waals surface area (Å²) >= 11 is 6.28. The van der Waals surface area contributed by atoms with E-state index in [0.29, 0.717) is 13.1 Å². The smallest absolute Gasteiger partial charge is 0.261 e. The quantitative estimate of drug-likeness (QED) is 0.839. The molecule has 148 valence electrons. The lowest BCUT2D eigenvalue weighted by atomic mass is 9.95. The Morgan fingerprint density at radius 3 is 2.75 bits per heavy atom. The molecule has 0 atom stereocenters. The highest BCUT2D eigenvalue weighted by Gasteiger charge is 2.24. The van der Waals surface area contributed by atoms with Crippen LogP contribution in [-0.2, 0) is 12.8 Å². The van der Waals surface area contributed by atoms with E-state index in [0.717, 1.165) is 72.7 Å². The molecule has 1 aromatic heterocycles. The van der Waals surface area contributed by atoms with Crippen molar-refractivity contribution in [2.45, 2.75) is 39.0 Å². The Morgan fingerprint density at radius 1 is 1.07 bits per heavy atom. The Balaban J connectivity index is 1.52. The van der Waals surface area contributed by atoms with E-state index in [2.05, 4.69) is 16.0 Å². The van der Waals surface area contributed by atoms with Crippen LogP contribution in [0.5, 0.6) is 0 Å². The largest absolute Gasteiger partial charge is 0.369 e. The summed E-state index contributed by atoms with van der Waals surface area (Å²) in [5, 5.41) is 0.760. The topological polar surface area (TPSA) is 56.4 Å². The zero-order valence-corrected chi connectivity index (χ0v) is 17.0. The molecule has 1 aromatic carbocycles. The number of carbonyl (C=O) groups is 1. The second-order valence-corrected chi connectivity index (χ2v) is 8.15. The van der Waals surface area contributed by atoms with Crippen LogP contribution in [-0.4, -0.2) is 42.0 Å². The molecule has 0 spiro atoms. The SMILES string of the molecule is Cc1c(Cl)cccc1N1CCCN(C(=O)c2cc3c([nH]c2=O)CCCC3)CC1. The highest BCUT2D eigenvalue weighted by Crippen LogP contribution is 2.27. The monoisotopic (exact) mass is 399 g/mol. The van der Waals surface area contributed by atoms with Crippen LogP contribution in [0, 0.1) is 6.92 Å². The van der Waals surface area contributed by atoms with Crippen molar-refractivity contribution in [3.8, 4) is 0 Å². The van der Waals surface area contributed by atoms with E-state index < -0.39 is 0 Å². The predicted molar refractivity (Wildman–Crippen MR) is 113 cm³/mol. The molecule has 0 radical (unpaired) electrons. The molecular formula is C22H26ClN3O2. The van der Waals surface area contributed by atoms with Gasteiger partial charge in [-0.05, 0) is 68.4 Å². The molecule has 0 unspecified atom stereocenters. The molecule has 0 saturated carbocycles. The molecular weight excluding hydrogens is 374 g/mol. The zero-order valence-electron chi connectivity index (χ0n) is 16.3. The van der Waals surface area contributed by atoms with Gasteiger partial charge in [-0.3, -0.25) is 9.59 Å². The summed E-state index contributed by atoms with van der Waals surface area (Å²) in [5.74, 6) is -0.153. The van der Waals surface area contributed by atoms with Gasteiger partial charge in [-0.25, -0.2) is 0 Å². The van der Waals surface area contributed by atoms with Crippen LogP contribution in [0.4, 0.5) is 5.69 Å². The molecule has 1 saturated heterocycles. The molecule has 6 heteroatoms. The van der Waals surface area contributed by atoms with Crippen LogP contribution in [0.1, 0.15) is 46.4 Å². The van der Waals surface area contributed by atoms with Crippen LogP contribution >= 0.6 is 11.6 Å². The molecule has 0 bridgehead atoms. The fraction of sp³-hybridized carbons (Fsp3) is 0.455. The number of pyridine rings is 1. The zero-order chi connectivity index (χ0) is 19.7. The Hall–Kier alpha value is -2.27.